The number of amides is 1. The van der Waals surface area contributed by atoms with Crippen LogP contribution in [0.5, 0.6) is 0 Å². The molecular formula is C21H31N5O2. The van der Waals surface area contributed by atoms with E-state index in [4.69, 9.17) is 9.72 Å². The molecule has 0 spiro atoms. The van der Waals surface area contributed by atoms with E-state index in [0.29, 0.717) is 13.1 Å². The molecule has 7 heteroatoms. The van der Waals surface area contributed by atoms with Gasteiger partial charge < -0.3 is 14.5 Å². The number of anilines is 1. The van der Waals surface area contributed by atoms with E-state index >= 15 is 0 Å². The van der Waals surface area contributed by atoms with Crippen LogP contribution in [0.4, 0.5) is 10.6 Å². The summed E-state index contributed by atoms with van der Waals surface area (Å²) in [6.45, 7) is 11.2. The van der Waals surface area contributed by atoms with Gasteiger partial charge in [-0.2, -0.15) is 9.61 Å². The molecule has 1 atom stereocenters. The first-order chi connectivity index (χ1) is 13.3. The summed E-state index contributed by atoms with van der Waals surface area (Å²) in [6, 6.07) is 1.97. The summed E-state index contributed by atoms with van der Waals surface area (Å²) >= 11 is 0. The lowest BCUT2D eigenvalue weighted by molar-refractivity contribution is 0.0248. The van der Waals surface area contributed by atoms with Crippen LogP contribution in [0.1, 0.15) is 64.1 Å². The minimum atomic E-state index is -0.489. The van der Waals surface area contributed by atoms with Gasteiger partial charge in [-0.15, -0.1) is 0 Å². The Labute approximate surface area is 166 Å². The van der Waals surface area contributed by atoms with E-state index < -0.39 is 5.60 Å². The Kier molecular flexibility index (Phi) is 4.93. The van der Waals surface area contributed by atoms with Gasteiger partial charge in [0.2, 0.25) is 0 Å². The van der Waals surface area contributed by atoms with Gasteiger partial charge in [-0.25, -0.2) is 9.78 Å². The fraction of sp³-hybridized carbons (Fsp3) is 0.667. The molecule has 4 rings (SSSR count). The number of aromatic nitrogens is 3. The van der Waals surface area contributed by atoms with Gasteiger partial charge >= 0.3 is 6.09 Å². The minimum Gasteiger partial charge on any atom is -0.444 e. The van der Waals surface area contributed by atoms with Crippen molar-refractivity contribution in [3.8, 4) is 0 Å². The van der Waals surface area contributed by atoms with Crippen molar-refractivity contribution in [3.63, 3.8) is 0 Å². The third-order valence-electron chi connectivity index (χ3n) is 5.54. The maximum absolute atomic E-state index is 12.7. The van der Waals surface area contributed by atoms with Crippen molar-refractivity contribution in [2.24, 2.45) is 0 Å². The monoisotopic (exact) mass is 385 g/mol. The molecule has 0 radical (unpaired) electrons. The minimum absolute atomic E-state index is 0.147. The molecule has 1 fully saturated rings. The molecule has 1 saturated heterocycles. The molecule has 0 bridgehead atoms. The summed E-state index contributed by atoms with van der Waals surface area (Å²) in [7, 11) is 0. The highest BCUT2D eigenvalue weighted by Crippen LogP contribution is 2.33. The van der Waals surface area contributed by atoms with Crippen LogP contribution in [0.2, 0.25) is 0 Å². The van der Waals surface area contributed by atoms with E-state index in [1.54, 1.807) is 0 Å². The average Bonchev–Trinajstić information content (AvgIpc) is 3.04. The number of hydrogen-bond acceptors (Lipinski definition) is 5. The van der Waals surface area contributed by atoms with Crippen molar-refractivity contribution in [2.75, 3.05) is 31.1 Å². The number of ether oxygens (including phenoxy) is 1. The van der Waals surface area contributed by atoms with Crippen LogP contribution in [0.15, 0.2) is 12.3 Å². The van der Waals surface area contributed by atoms with Crippen LogP contribution in [0, 0.1) is 0 Å². The SMILES string of the molecule is CC1CN(C(=O)OC(C)(C)C)CCc2c1nc1ccnn1c2N1CCCCC1. The molecule has 0 aliphatic carbocycles. The van der Waals surface area contributed by atoms with Gasteiger partial charge in [0.25, 0.3) is 0 Å². The van der Waals surface area contributed by atoms with E-state index in [1.807, 2.05) is 42.4 Å². The zero-order valence-corrected chi connectivity index (χ0v) is 17.4. The first kappa shape index (κ1) is 19.0. The van der Waals surface area contributed by atoms with E-state index in [2.05, 4.69) is 16.9 Å². The summed E-state index contributed by atoms with van der Waals surface area (Å²) in [5.41, 5.74) is 2.73. The fourth-order valence-electron chi connectivity index (χ4n) is 4.30. The fourth-order valence-corrected chi connectivity index (χ4v) is 4.30. The highest BCUT2D eigenvalue weighted by Gasteiger charge is 2.31. The first-order valence-electron chi connectivity index (χ1n) is 10.4. The van der Waals surface area contributed by atoms with Gasteiger partial charge in [-0.1, -0.05) is 6.92 Å². The lowest BCUT2D eigenvalue weighted by Gasteiger charge is -2.31. The Morgan fingerprint density at radius 3 is 2.64 bits per heavy atom. The second-order valence-electron chi connectivity index (χ2n) is 9.03. The predicted molar refractivity (Wildman–Crippen MR) is 109 cm³/mol. The maximum atomic E-state index is 12.7. The average molecular weight is 386 g/mol. The Morgan fingerprint density at radius 2 is 1.93 bits per heavy atom. The number of piperidine rings is 1. The quantitative estimate of drug-likeness (QED) is 0.750. The number of carbonyl (C=O) groups is 1. The lowest BCUT2D eigenvalue weighted by Crippen LogP contribution is -2.39. The topological polar surface area (TPSA) is 63.0 Å². The largest absolute Gasteiger partial charge is 0.444 e. The van der Waals surface area contributed by atoms with Crippen LogP contribution in [-0.2, 0) is 11.2 Å². The van der Waals surface area contributed by atoms with Gasteiger partial charge in [0.05, 0.1) is 11.9 Å². The van der Waals surface area contributed by atoms with Crippen LogP contribution in [0.3, 0.4) is 0 Å². The molecule has 2 aromatic heterocycles. The third-order valence-corrected chi connectivity index (χ3v) is 5.54. The van der Waals surface area contributed by atoms with Gasteiger partial charge in [0.1, 0.15) is 11.4 Å². The molecule has 0 N–H and O–H groups in total. The third kappa shape index (κ3) is 3.66. The van der Waals surface area contributed by atoms with E-state index in [0.717, 1.165) is 30.9 Å². The molecule has 1 amide bonds. The first-order valence-corrected chi connectivity index (χ1v) is 10.4. The molecule has 0 aromatic carbocycles. The molecule has 2 aliphatic rings. The zero-order valence-electron chi connectivity index (χ0n) is 17.4. The Balaban J connectivity index is 1.71. The molecule has 4 heterocycles. The number of hydrogen-bond donors (Lipinski definition) is 0. The zero-order chi connectivity index (χ0) is 19.9. The lowest BCUT2D eigenvalue weighted by atomic mass is 10.0. The van der Waals surface area contributed by atoms with Crippen molar-refractivity contribution < 1.29 is 9.53 Å². The normalized spacial score (nSPS) is 20.8. The number of nitrogens with zero attached hydrogens (tertiary/aromatic N) is 5. The highest BCUT2D eigenvalue weighted by molar-refractivity contribution is 5.69. The van der Waals surface area contributed by atoms with Gasteiger partial charge in [0.15, 0.2) is 5.65 Å². The molecule has 28 heavy (non-hydrogen) atoms. The standard InChI is InChI=1S/C21H31N5O2/c1-15-14-25(20(27)28-21(2,3)4)13-9-16-18(15)23-17-8-10-22-26(17)19(16)24-11-6-5-7-12-24/h8,10,15H,5-7,9,11-14H2,1-4H3. The molecule has 0 saturated carbocycles. The Hall–Kier alpha value is -2.31. The van der Waals surface area contributed by atoms with E-state index in [9.17, 15) is 4.79 Å². The van der Waals surface area contributed by atoms with E-state index in [-0.39, 0.29) is 12.0 Å². The number of carbonyl (C=O) groups excluding carboxylic acids is 1. The van der Waals surface area contributed by atoms with Crippen molar-refractivity contribution in [2.45, 2.75) is 64.9 Å². The molecule has 152 valence electrons. The van der Waals surface area contributed by atoms with Crippen LogP contribution < -0.4 is 4.90 Å². The summed E-state index contributed by atoms with van der Waals surface area (Å²) in [6.07, 6.45) is 6.06. The van der Waals surface area contributed by atoms with Gasteiger partial charge in [0, 0.05) is 43.7 Å². The van der Waals surface area contributed by atoms with Crippen molar-refractivity contribution in [3.05, 3.63) is 23.5 Å². The van der Waals surface area contributed by atoms with Gasteiger partial charge in [-0.3, -0.25) is 0 Å². The summed E-state index contributed by atoms with van der Waals surface area (Å²) in [4.78, 5) is 21.9. The molecule has 2 aromatic rings. The molecule has 2 aliphatic heterocycles. The van der Waals surface area contributed by atoms with E-state index in [1.165, 1.54) is 30.6 Å². The van der Waals surface area contributed by atoms with Crippen LogP contribution in [-0.4, -0.2) is 57.4 Å². The summed E-state index contributed by atoms with van der Waals surface area (Å²) in [5, 5.41) is 4.57. The van der Waals surface area contributed by atoms with Crippen molar-refractivity contribution >= 4 is 17.6 Å². The highest BCUT2D eigenvalue weighted by atomic mass is 16.6. The second-order valence-corrected chi connectivity index (χ2v) is 9.03. The summed E-state index contributed by atoms with van der Waals surface area (Å²) in [5.74, 6) is 1.32. The molecule has 7 nitrogen and oxygen atoms in total. The molecule has 1 unspecified atom stereocenters. The Morgan fingerprint density at radius 1 is 1.18 bits per heavy atom. The molecular weight excluding hydrogens is 354 g/mol. The van der Waals surface area contributed by atoms with Crippen LogP contribution in [0.25, 0.3) is 5.65 Å². The van der Waals surface area contributed by atoms with Crippen molar-refractivity contribution in [1.29, 1.82) is 0 Å². The van der Waals surface area contributed by atoms with Crippen LogP contribution >= 0.6 is 0 Å². The smallest absolute Gasteiger partial charge is 0.410 e. The van der Waals surface area contributed by atoms with Gasteiger partial charge in [-0.05, 0) is 46.5 Å². The second kappa shape index (κ2) is 7.26. The predicted octanol–water partition coefficient (Wildman–Crippen LogP) is 3.62. The Bertz CT molecular complexity index is 864. The maximum Gasteiger partial charge on any atom is 0.410 e. The van der Waals surface area contributed by atoms with Crippen molar-refractivity contribution in [1.82, 2.24) is 19.5 Å². The number of fused-ring (bicyclic) bond motifs is 2. The number of rotatable bonds is 1. The summed E-state index contributed by atoms with van der Waals surface area (Å²) < 4.78 is 7.61.